The summed E-state index contributed by atoms with van der Waals surface area (Å²) in [4.78, 5) is 8.67. The smallest absolute Gasteiger partial charge is 0.417 e. The monoisotopic (exact) mass is 446 g/mol. The number of hydrogen-bond acceptors (Lipinski definition) is 6. The van der Waals surface area contributed by atoms with Gasteiger partial charge >= 0.3 is 6.18 Å². The second-order valence-electron chi connectivity index (χ2n) is 7.15. The summed E-state index contributed by atoms with van der Waals surface area (Å²) < 4.78 is 59.2. The molecule has 0 aliphatic rings. The van der Waals surface area contributed by atoms with Gasteiger partial charge in [-0.3, -0.25) is 4.68 Å². The van der Waals surface area contributed by atoms with Crippen LogP contribution in [-0.2, 0) is 19.8 Å². The normalized spacial score (nSPS) is 11.8. The molecule has 0 N–H and O–H groups in total. The van der Waals surface area contributed by atoms with Crippen molar-refractivity contribution < 1.29 is 27.1 Å². The Balaban J connectivity index is 1.65. The molecule has 168 valence electrons. The van der Waals surface area contributed by atoms with Crippen molar-refractivity contribution in [3.8, 4) is 23.1 Å². The van der Waals surface area contributed by atoms with Crippen LogP contribution in [0.2, 0.25) is 0 Å². The van der Waals surface area contributed by atoms with Crippen LogP contribution in [0.3, 0.4) is 0 Å². The van der Waals surface area contributed by atoms with Gasteiger partial charge in [0.25, 0.3) is 0 Å². The SMILES string of the molecule is CCOc1ccccc1-c1nc(COc2cc(C(F)(F)F)c3c(C)nn(C)c3n2)c(C)o1. The predicted octanol–water partition coefficient (Wildman–Crippen LogP) is 5.24. The van der Waals surface area contributed by atoms with Crippen molar-refractivity contribution >= 4 is 11.0 Å². The van der Waals surface area contributed by atoms with Crippen LogP contribution in [0.5, 0.6) is 11.6 Å². The molecule has 1 aromatic carbocycles. The molecule has 4 aromatic rings. The molecule has 3 heterocycles. The number of aromatic nitrogens is 4. The lowest BCUT2D eigenvalue weighted by molar-refractivity contribution is -0.136. The minimum atomic E-state index is -4.58. The van der Waals surface area contributed by atoms with Crippen LogP contribution in [0, 0.1) is 13.8 Å². The highest BCUT2D eigenvalue weighted by atomic mass is 19.4. The average Bonchev–Trinajstić information content (AvgIpc) is 3.25. The summed E-state index contributed by atoms with van der Waals surface area (Å²) in [5.74, 6) is 1.27. The number of benzene rings is 1. The Morgan fingerprint density at radius 3 is 2.56 bits per heavy atom. The van der Waals surface area contributed by atoms with E-state index < -0.39 is 11.7 Å². The maximum absolute atomic E-state index is 13.6. The third-order valence-corrected chi connectivity index (χ3v) is 4.92. The van der Waals surface area contributed by atoms with E-state index in [9.17, 15) is 13.2 Å². The molecule has 0 amide bonds. The molecule has 0 aliphatic carbocycles. The first kappa shape index (κ1) is 21.7. The number of rotatable bonds is 6. The highest BCUT2D eigenvalue weighted by Gasteiger charge is 2.35. The summed E-state index contributed by atoms with van der Waals surface area (Å²) in [5, 5.41) is 4.02. The fourth-order valence-electron chi connectivity index (χ4n) is 3.46. The van der Waals surface area contributed by atoms with Crippen molar-refractivity contribution in [1.82, 2.24) is 19.7 Å². The summed E-state index contributed by atoms with van der Waals surface area (Å²) in [6.07, 6.45) is -4.58. The second-order valence-corrected chi connectivity index (χ2v) is 7.15. The van der Waals surface area contributed by atoms with Crippen molar-refractivity contribution in [2.75, 3.05) is 6.61 Å². The quantitative estimate of drug-likeness (QED) is 0.403. The summed E-state index contributed by atoms with van der Waals surface area (Å²) >= 11 is 0. The summed E-state index contributed by atoms with van der Waals surface area (Å²) in [7, 11) is 1.54. The molecule has 0 unspecified atom stereocenters. The standard InChI is InChI=1S/C22H21F3N4O3/c1-5-30-17-9-7-6-8-14(17)21-26-16(13(3)32-21)11-31-18-10-15(22(23,24)25)19-12(2)28-29(4)20(19)27-18/h6-10H,5,11H2,1-4H3. The zero-order chi connectivity index (χ0) is 23.0. The van der Waals surface area contributed by atoms with E-state index in [1.54, 1.807) is 6.92 Å². The Hall–Kier alpha value is -3.56. The summed E-state index contributed by atoms with van der Waals surface area (Å²) in [5.41, 5.74) is 0.622. The molecule has 4 rings (SSSR count). The minimum Gasteiger partial charge on any atom is -0.493 e. The van der Waals surface area contributed by atoms with Gasteiger partial charge in [-0.15, -0.1) is 0 Å². The van der Waals surface area contributed by atoms with Crippen molar-refractivity contribution in [2.24, 2.45) is 7.05 Å². The average molecular weight is 446 g/mol. The molecule has 0 bridgehead atoms. The number of halogens is 3. The van der Waals surface area contributed by atoms with Gasteiger partial charge in [0.05, 0.1) is 28.8 Å². The fourth-order valence-corrected chi connectivity index (χ4v) is 3.46. The van der Waals surface area contributed by atoms with Crippen molar-refractivity contribution in [2.45, 2.75) is 33.6 Å². The molecule has 7 nitrogen and oxygen atoms in total. The van der Waals surface area contributed by atoms with Gasteiger partial charge < -0.3 is 13.9 Å². The third-order valence-electron chi connectivity index (χ3n) is 4.92. The molecule has 0 saturated carbocycles. The van der Waals surface area contributed by atoms with Crippen LogP contribution in [0.15, 0.2) is 34.7 Å². The van der Waals surface area contributed by atoms with Gasteiger partial charge in [-0.25, -0.2) is 4.98 Å². The lowest BCUT2D eigenvalue weighted by Gasteiger charge is -2.11. The molecule has 3 aromatic heterocycles. The van der Waals surface area contributed by atoms with Crippen molar-refractivity contribution in [1.29, 1.82) is 0 Å². The first-order valence-electron chi connectivity index (χ1n) is 9.92. The first-order valence-corrected chi connectivity index (χ1v) is 9.92. The highest BCUT2D eigenvalue weighted by molar-refractivity contribution is 5.83. The Bertz CT molecular complexity index is 1280. The highest BCUT2D eigenvalue weighted by Crippen LogP contribution is 2.38. The van der Waals surface area contributed by atoms with Gasteiger partial charge in [0.2, 0.25) is 11.8 Å². The van der Waals surface area contributed by atoms with E-state index in [4.69, 9.17) is 13.9 Å². The number of pyridine rings is 1. The number of fused-ring (bicyclic) bond motifs is 1. The van der Waals surface area contributed by atoms with Crippen LogP contribution >= 0.6 is 0 Å². The Morgan fingerprint density at radius 2 is 1.84 bits per heavy atom. The molecular weight excluding hydrogens is 425 g/mol. The van der Waals surface area contributed by atoms with E-state index >= 15 is 0 Å². The first-order chi connectivity index (χ1) is 15.2. The molecule has 10 heteroatoms. The lowest BCUT2D eigenvalue weighted by Crippen LogP contribution is -2.09. The zero-order valence-electron chi connectivity index (χ0n) is 17.9. The lowest BCUT2D eigenvalue weighted by atomic mass is 10.1. The largest absolute Gasteiger partial charge is 0.493 e. The van der Waals surface area contributed by atoms with Crippen molar-refractivity contribution in [3.05, 3.63) is 53.0 Å². The number of ether oxygens (including phenoxy) is 2. The maximum atomic E-state index is 13.6. The number of hydrogen-bond donors (Lipinski definition) is 0. The molecular formula is C22H21F3N4O3. The zero-order valence-corrected chi connectivity index (χ0v) is 17.9. The van der Waals surface area contributed by atoms with Gasteiger partial charge in [0, 0.05) is 13.1 Å². The number of alkyl halides is 3. The minimum absolute atomic E-state index is 0.0419. The maximum Gasteiger partial charge on any atom is 0.417 e. The van der Waals surface area contributed by atoms with Crippen LogP contribution in [-0.4, -0.2) is 26.4 Å². The molecule has 0 radical (unpaired) electrons. The summed E-state index contributed by atoms with van der Waals surface area (Å²) in [6, 6.07) is 8.19. The number of aryl methyl sites for hydroxylation is 3. The summed E-state index contributed by atoms with van der Waals surface area (Å²) in [6.45, 7) is 5.47. The van der Waals surface area contributed by atoms with Gasteiger partial charge in [0.1, 0.15) is 23.8 Å². The number of oxazole rings is 1. The van der Waals surface area contributed by atoms with Crippen LogP contribution in [0.1, 0.15) is 29.6 Å². The molecule has 0 aliphatic heterocycles. The van der Waals surface area contributed by atoms with E-state index in [0.29, 0.717) is 35.3 Å². The third kappa shape index (κ3) is 4.00. The second kappa shape index (κ2) is 8.18. The topological polar surface area (TPSA) is 75.2 Å². The van der Waals surface area contributed by atoms with Gasteiger partial charge in [-0.05, 0) is 32.9 Å². The molecule has 0 spiro atoms. The number of para-hydroxylation sites is 1. The van der Waals surface area contributed by atoms with Gasteiger partial charge in [0.15, 0.2) is 5.65 Å². The Kier molecular flexibility index (Phi) is 5.53. The Labute approximate surface area is 181 Å². The van der Waals surface area contributed by atoms with E-state index in [2.05, 4.69) is 15.1 Å². The molecule has 0 saturated heterocycles. The molecule has 32 heavy (non-hydrogen) atoms. The van der Waals surface area contributed by atoms with Crippen LogP contribution < -0.4 is 9.47 Å². The molecule has 0 fully saturated rings. The van der Waals surface area contributed by atoms with Crippen LogP contribution in [0.4, 0.5) is 13.2 Å². The Morgan fingerprint density at radius 1 is 1.09 bits per heavy atom. The fraction of sp³-hybridized carbons (Fsp3) is 0.318. The van der Waals surface area contributed by atoms with E-state index in [-0.39, 0.29) is 29.2 Å². The van der Waals surface area contributed by atoms with Gasteiger partial charge in [-0.1, -0.05) is 12.1 Å². The van der Waals surface area contributed by atoms with E-state index in [1.165, 1.54) is 18.7 Å². The van der Waals surface area contributed by atoms with E-state index in [0.717, 1.165) is 6.07 Å². The predicted molar refractivity (Wildman–Crippen MR) is 110 cm³/mol. The van der Waals surface area contributed by atoms with Crippen LogP contribution in [0.25, 0.3) is 22.5 Å². The molecule has 0 atom stereocenters. The van der Waals surface area contributed by atoms with Crippen molar-refractivity contribution in [3.63, 3.8) is 0 Å². The van der Waals surface area contributed by atoms with E-state index in [1.807, 2.05) is 31.2 Å². The number of nitrogens with zero attached hydrogens (tertiary/aromatic N) is 4. The van der Waals surface area contributed by atoms with Gasteiger partial charge in [-0.2, -0.15) is 23.3 Å².